The molecule has 0 N–H and O–H groups in total. The van der Waals surface area contributed by atoms with Crippen molar-refractivity contribution in [1.82, 2.24) is 0 Å². The van der Waals surface area contributed by atoms with E-state index in [2.05, 4.69) is 0 Å². The van der Waals surface area contributed by atoms with Crippen LogP contribution in [-0.2, 0) is 0 Å². The lowest BCUT2D eigenvalue weighted by atomic mass is 9.90. The van der Waals surface area contributed by atoms with Gasteiger partial charge in [0.25, 0.3) is 0 Å². The number of hydrogen-bond acceptors (Lipinski definition) is 0. The van der Waals surface area contributed by atoms with Gasteiger partial charge in [0.1, 0.15) is 0 Å². The molecule has 0 bridgehead atoms. The second kappa shape index (κ2) is 4.83. The maximum absolute atomic E-state index is 13.4. The van der Waals surface area contributed by atoms with Crippen LogP contribution in [0.25, 0.3) is 0 Å². The monoisotopic (exact) mass is 414 g/mol. The third-order valence-corrected chi connectivity index (χ3v) is 4.56. The molecular formula is C9H8F9I. The van der Waals surface area contributed by atoms with E-state index in [-0.39, 0.29) is 12.8 Å². The molecule has 0 heterocycles. The van der Waals surface area contributed by atoms with Gasteiger partial charge in [-0.25, -0.2) is 0 Å². The maximum atomic E-state index is 13.4. The Morgan fingerprint density at radius 1 is 0.737 bits per heavy atom. The van der Waals surface area contributed by atoms with E-state index in [0.717, 1.165) is 0 Å². The van der Waals surface area contributed by atoms with E-state index in [0.29, 0.717) is 0 Å². The number of hydrogen-bond donors (Lipinski definition) is 0. The van der Waals surface area contributed by atoms with Gasteiger partial charge in [0, 0.05) is 9.84 Å². The van der Waals surface area contributed by atoms with Crippen LogP contribution in [0.5, 0.6) is 0 Å². The molecule has 1 fully saturated rings. The van der Waals surface area contributed by atoms with Gasteiger partial charge in [-0.15, -0.1) is 0 Å². The van der Waals surface area contributed by atoms with E-state index in [9.17, 15) is 39.5 Å². The summed E-state index contributed by atoms with van der Waals surface area (Å²) < 4.78 is 113. The minimum atomic E-state index is -6.78. The molecule has 0 aromatic rings. The van der Waals surface area contributed by atoms with E-state index < -0.39 is 40.2 Å². The Bertz CT molecular complexity index is 335. The quantitative estimate of drug-likeness (QED) is 0.344. The van der Waals surface area contributed by atoms with Gasteiger partial charge in [0.2, 0.25) is 0 Å². The van der Waals surface area contributed by atoms with Crippen LogP contribution in [0.2, 0.25) is 0 Å². The Labute approximate surface area is 115 Å². The molecule has 0 saturated heterocycles. The second-order valence-corrected chi connectivity index (χ2v) is 5.92. The number of alkyl halides is 10. The minimum absolute atomic E-state index is 0.0779. The first-order valence-corrected chi connectivity index (χ1v) is 6.35. The van der Waals surface area contributed by atoms with Crippen molar-refractivity contribution < 1.29 is 39.5 Å². The molecule has 0 aliphatic heterocycles. The lowest BCUT2D eigenvalue weighted by molar-refractivity contribution is -0.402. The smallest absolute Gasteiger partial charge is 0.199 e. The third-order valence-electron chi connectivity index (χ3n) is 3.07. The molecule has 0 aromatic carbocycles. The SMILES string of the molecule is FC(F)(F)C(F)(F)C(F)(F)C(F)(F)C1CCCC1I. The van der Waals surface area contributed by atoms with Crippen molar-refractivity contribution >= 4 is 22.6 Å². The van der Waals surface area contributed by atoms with Gasteiger partial charge in [-0.1, -0.05) is 29.0 Å². The zero-order chi connectivity index (χ0) is 15.3. The van der Waals surface area contributed by atoms with Gasteiger partial charge in [-0.05, 0) is 12.8 Å². The van der Waals surface area contributed by atoms with E-state index in [1.807, 2.05) is 0 Å². The molecule has 1 aliphatic rings. The first-order chi connectivity index (χ1) is 8.27. The van der Waals surface area contributed by atoms with Crippen LogP contribution in [0.15, 0.2) is 0 Å². The first-order valence-electron chi connectivity index (χ1n) is 5.11. The van der Waals surface area contributed by atoms with Crippen LogP contribution in [-0.4, -0.2) is 27.9 Å². The fraction of sp³-hybridized carbons (Fsp3) is 1.00. The molecule has 0 nitrogen and oxygen atoms in total. The van der Waals surface area contributed by atoms with Crippen LogP contribution in [0.4, 0.5) is 39.5 Å². The van der Waals surface area contributed by atoms with Crippen LogP contribution in [0, 0.1) is 5.92 Å². The van der Waals surface area contributed by atoms with Crippen molar-refractivity contribution in [3.8, 4) is 0 Å². The Morgan fingerprint density at radius 3 is 1.53 bits per heavy atom. The van der Waals surface area contributed by atoms with Crippen molar-refractivity contribution in [3.63, 3.8) is 0 Å². The molecule has 0 amide bonds. The highest BCUT2D eigenvalue weighted by Crippen LogP contribution is 2.58. The van der Waals surface area contributed by atoms with E-state index in [4.69, 9.17) is 0 Å². The largest absolute Gasteiger partial charge is 0.460 e. The lowest BCUT2D eigenvalue weighted by Gasteiger charge is -2.37. The van der Waals surface area contributed by atoms with Crippen molar-refractivity contribution in [1.29, 1.82) is 0 Å². The van der Waals surface area contributed by atoms with Gasteiger partial charge in [0.05, 0.1) is 0 Å². The maximum Gasteiger partial charge on any atom is 0.460 e. The molecule has 0 radical (unpaired) electrons. The predicted octanol–water partition coefficient (Wildman–Crippen LogP) is 5.06. The summed E-state index contributed by atoms with van der Waals surface area (Å²) in [6, 6.07) is 0. The van der Waals surface area contributed by atoms with Crippen LogP contribution >= 0.6 is 22.6 Å². The average molecular weight is 414 g/mol. The minimum Gasteiger partial charge on any atom is -0.199 e. The van der Waals surface area contributed by atoms with Gasteiger partial charge < -0.3 is 0 Å². The molecule has 1 rings (SSSR count). The number of rotatable bonds is 3. The Hall–Kier alpha value is 0.1000. The highest BCUT2D eigenvalue weighted by molar-refractivity contribution is 14.1. The molecular weight excluding hydrogens is 406 g/mol. The zero-order valence-corrected chi connectivity index (χ0v) is 11.2. The summed E-state index contributed by atoms with van der Waals surface area (Å²) in [5, 5.41) is 0. The van der Waals surface area contributed by atoms with Crippen molar-refractivity contribution in [3.05, 3.63) is 0 Å². The van der Waals surface area contributed by atoms with Crippen molar-refractivity contribution in [2.75, 3.05) is 0 Å². The van der Waals surface area contributed by atoms with Crippen molar-refractivity contribution in [2.24, 2.45) is 5.92 Å². The normalized spacial score (nSPS) is 26.8. The topological polar surface area (TPSA) is 0 Å². The molecule has 2 atom stereocenters. The summed E-state index contributed by atoms with van der Waals surface area (Å²) in [7, 11) is 0. The van der Waals surface area contributed by atoms with E-state index in [1.54, 1.807) is 0 Å². The van der Waals surface area contributed by atoms with Gasteiger partial charge in [0.15, 0.2) is 0 Å². The Morgan fingerprint density at radius 2 is 1.21 bits per heavy atom. The molecule has 0 spiro atoms. The molecule has 1 aliphatic carbocycles. The fourth-order valence-corrected chi connectivity index (χ4v) is 3.19. The average Bonchev–Trinajstić information content (AvgIpc) is 2.62. The fourth-order valence-electron chi connectivity index (χ4n) is 1.94. The molecule has 2 unspecified atom stereocenters. The summed E-state index contributed by atoms with van der Waals surface area (Å²) in [6.45, 7) is 0. The van der Waals surface area contributed by atoms with Crippen LogP contribution < -0.4 is 0 Å². The predicted molar refractivity (Wildman–Crippen MR) is 56.0 cm³/mol. The molecule has 114 valence electrons. The summed E-state index contributed by atoms with van der Waals surface area (Å²) in [5.74, 6) is -20.9. The molecule has 19 heavy (non-hydrogen) atoms. The molecule has 10 heteroatoms. The summed E-state index contributed by atoms with van der Waals surface area (Å²) in [4.78, 5) is 0. The van der Waals surface area contributed by atoms with E-state index in [1.165, 1.54) is 22.6 Å². The second-order valence-electron chi connectivity index (χ2n) is 4.32. The van der Waals surface area contributed by atoms with E-state index >= 15 is 0 Å². The first kappa shape index (κ1) is 17.2. The van der Waals surface area contributed by atoms with Gasteiger partial charge >= 0.3 is 23.9 Å². The summed E-state index contributed by atoms with van der Waals surface area (Å²) in [6.07, 6.45) is -7.08. The summed E-state index contributed by atoms with van der Waals surface area (Å²) >= 11 is 1.37. The molecule has 0 aromatic heterocycles. The Balaban J connectivity index is 3.17. The van der Waals surface area contributed by atoms with Gasteiger partial charge in [-0.2, -0.15) is 39.5 Å². The summed E-state index contributed by atoms with van der Waals surface area (Å²) in [5.41, 5.74) is 0. The zero-order valence-electron chi connectivity index (χ0n) is 9.06. The highest BCUT2D eigenvalue weighted by atomic mass is 127. The van der Waals surface area contributed by atoms with Crippen molar-refractivity contribution in [2.45, 2.75) is 47.1 Å². The highest BCUT2D eigenvalue weighted by Gasteiger charge is 2.83. The van der Waals surface area contributed by atoms with Gasteiger partial charge in [-0.3, -0.25) is 0 Å². The molecule has 1 saturated carbocycles. The van der Waals surface area contributed by atoms with Crippen LogP contribution in [0.3, 0.4) is 0 Å². The standard InChI is InChI=1S/C9H8F9I/c10-6(11,4-2-1-3-5(4)19)7(12,13)8(14,15)9(16,17)18/h4-5H,1-3H2. The Kier molecular flexibility index (Phi) is 4.36. The third kappa shape index (κ3) is 2.53. The van der Waals surface area contributed by atoms with Crippen LogP contribution in [0.1, 0.15) is 19.3 Å². The lowest BCUT2D eigenvalue weighted by Crippen LogP contribution is -2.63. The number of halogens is 10.